The normalized spacial score (nSPS) is 11.7. The molecule has 28 heavy (non-hydrogen) atoms. The predicted octanol–water partition coefficient (Wildman–Crippen LogP) is 2.55. The molecule has 0 spiro atoms. The van der Waals surface area contributed by atoms with Crippen molar-refractivity contribution in [1.29, 1.82) is 0 Å². The number of esters is 1. The molecule has 1 amide bonds. The van der Waals surface area contributed by atoms with E-state index in [1.54, 1.807) is 23.1 Å². The molecule has 0 saturated carbocycles. The Morgan fingerprint density at radius 3 is 2.21 bits per heavy atom. The Labute approximate surface area is 168 Å². The number of rotatable bonds is 10. The van der Waals surface area contributed by atoms with Gasteiger partial charge in [0.15, 0.2) is 6.61 Å². The van der Waals surface area contributed by atoms with E-state index in [2.05, 4.69) is 4.72 Å². The standard InChI is InChI=1S/C20H32N2O5S/c1-14(2)22(15(3)4)19(23)13-27-20(24)8-7-11-21-28(25,26)18-10-9-16(5)17(6)12-18/h9-10,12,14-15,21H,7-8,11,13H2,1-6H3. The molecule has 0 saturated heterocycles. The summed E-state index contributed by atoms with van der Waals surface area (Å²) in [4.78, 5) is 25.8. The number of nitrogens with one attached hydrogen (secondary N) is 1. The van der Waals surface area contributed by atoms with Crippen LogP contribution < -0.4 is 4.72 Å². The van der Waals surface area contributed by atoms with E-state index in [0.29, 0.717) is 0 Å². The van der Waals surface area contributed by atoms with Crippen LogP contribution in [-0.2, 0) is 24.3 Å². The van der Waals surface area contributed by atoms with Crippen LogP contribution in [0, 0.1) is 13.8 Å². The second-order valence-electron chi connectivity index (χ2n) is 7.40. The predicted molar refractivity (Wildman–Crippen MR) is 108 cm³/mol. The fourth-order valence-electron chi connectivity index (χ4n) is 2.86. The Balaban J connectivity index is 2.42. The summed E-state index contributed by atoms with van der Waals surface area (Å²) in [5.41, 5.74) is 1.91. The van der Waals surface area contributed by atoms with Crippen molar-refractivity contribution in [1.82, 2.24) is 9.62 Å². The maximum atomic E-state index is 12.3. The highest BCUT2D eigenvalue weighted by atomic mass is 32.2. The van der Waals surface area contributed by atoms with E-state index in [1.165, 1.54) is 0 Å². The zero-order valence-electron chi connectivity index (χ0n) is 17.6. The van der Waals surface area contributed by atoms with E-state index in [-0.39, 0.29) is 48.9 Å². The molecule has 1 rings (SSSR count). The largest absolute Gasteiger partial charge is 0.456 e. The Kier molecular flexibility index (Phi) is 9.10. The van der Waals surface area contributed by atoms with E-state index >= 15 is 0 Å². The highest BCUT2D eigenvalue weighted by Crippen LogP contribution is 2.14. The second kappa shape index (κ2) is 10.6. The zero-order valence-corrected chi connectivity index (χ0v) is 18.4. The fraction of sp³-hybridized carbons (Fsp3) is 0.600. The third kappa shape index (κ3) is 7.24. The van der Waals surface area contributed by atoms with Crippen LogP contribution in [0.5, 0.6) is 0 Å². The van der Waals surface area contributed by atoms with Gasteiger partial charge in [0, 0.05) is 25.0 Å². The summed E-state index contributed by atoms with van der Waals surface area (Å²) in [6, 6.07) is 4.97. The average Bonchev–Trinajstić information content (AvgIpc) is 2.58. The van der Waals surface area contributed by atoms with Crippen LogP contribution in [-0.4, -0.2) is 50.4 Å². The molecule has 158 valence electrons. The van der Waals surface area contributed by atoms with Crippen molar-refractivity contribution in [3.05, 3.63) is 29.3 Å². The molecule has 0 aliphatic rings. The van der Waals surface area contributed by atoms with Gasteiger partial charge in [0.2, 0.25) is 10.0 Å². The van der Waals surface area contributed by atoms with E-state index in [0.717, 1.165) is 11.1 Å². The smallest absolute Gasteiger partial charge is 0.306 e. The van der Waals surface area contributed by atoms with Gasteiger partial charge in [-0.1, -0.05) is 6.07 Å². The maximum absolute atomic E-state index is 12.3. The van der Waals surface area contributed by atoms with Crippen LogP contribution in [0.3, 0.4) is 0 Å². The lowest BCUT2D eigenvalue weighted by Gasteiger charge is -2.30. The summed E-state index contributed by atoms with van der Waals surface area (Å²) >= 11 is 0. The SMILES string of the molecule is Cc1ccc(S(=O)(=O)NCCCC(=O)OCC(=O)N(C(C)C)C(C)C)cc1C. The molecular weight excluding hydrogens is 380 g/mol. The van der Waals surface area contributed by atoms with Gasteiger partial charge in [-0.3, -0.25) is 9.59 Å². The highest BCUT2D eigenvalue weighted by molar-refractivity contribution is 7.89. The van der Waals surface area contributed by atoms with Gasteiger partial charge in [-0.25, -0.2) is 13.1 Å². The Bertz CT molecular complexity index is 780. The third-order valence-corrected chi connectivity index (χ3v) is 5.85. The summed E-state index contributed by atoms with van der Waals surface area (Å²) in [7, 11) is -3.62. The molecule has 1 N–H and O–H groups in total. The summed E-state index contributed by atoms with van der Waals surface area (Å²) in [5, 5.41) is 0. The first-order valence-electron chi connectivity index (χ1n) is 9.49. The van der Waals surface area contributed by atoms with Gasteiger partial charge in [-0.05, 0) is 71.2 Å². The topological polar surface area (TPSA) is 92.8 Å². The monoisotopic (exact) mass is 412 g/mol. The van der Waals surface area contributed by atoms with Crippen molar-refractivity contribution >= 4 is 21.9 Å². The molecule has 0 radical (unpaired) electrons. The minimum absolute atomic E-state index is 0.0195. The molecule has 1 aromatic rings. The Morgan fingerprint density at radius 2 is 1.68 bits per heavy atom. The lowest BCUT2D eigenvalue weighted by Crippen LogP contribution is -2.44. The van der Waals surface area contributed by atoms with Crippen LogP contribution in [0.4, 0.5) is 0 Å². The molecule has 0 bridgehead atoms. The first-order chi connectivity index (χ1) is 13.0. The number of aryl methyl sites for hydroxylation is 2. The van der Waals surface area contributed by atoms with Crippen LogP contribution >= 0.6 is 0 Å². The number of amides is 1. The number of hydrogen-bond acceptors (Lipinski definition) is 5. The number of sulfonamides is 1. The zero-order chi connectivity index (χ0) is 21.5. The number of carbonyl (C=O) groups is 2. The molecule has 0 unspecified atom stereocenters. The van der Waals surface area contributed by atoms with Crippen LogP contribution in [0.25, 0.3) is 0 Å². The third-order valence-electron chi connectivity index (χ3n) is 4.40. The molecule has 0 fully saturated rings. The van der Waals surface area contributed by atoms with Gasteiger partial charge in [0.1, 0.15) is 0 Å². The molecule has 0 atom stereocenters. The first kappa shape index (κ1) is 24.1. The number of benzene rings is 1. The van der Waals surface area contributed by atoms with Crippen LogP contribution in [0.15, 0.2) is 23.1 Å². The van der Waals surface area contributed by atoms with Crippen molar-refractivity contribution in [3.63, 3.8) is 0 Å². The summed E-state index contributed by atoms with van der Waals surface area (Å²) in [6.07, 6.45) is 0.321. The van der Waals surface area contributed by atoms with Crippen molar-refractivity contribution in [2.24, 2.45) is 0 Å². The molecular formula is C20H32N2O5S. The minimum Gasteiger partial charge on any atom is -0.456 e. The molecule has 0 heterocycles. The molecule has 0 aliphatic carbocycles. The quantitative estimate of drug-likeness (QED) is 0.471. The van der Waals surface area contributed by atoms with Gasteiger partial charge >= 0.3 is 5.97 Å². The molecule has 0 aliphatic heterocycles. The van der Waals surface area contributed by atoms with Crippen molar-refractivity contribution in [2.45, 2.75) is 71.4 Å². The van der Waals surface area contributed by atoms with E-state index < -0.39 is 16.0 Å². The number of nitrogens with zero attached hydrogens (tertiary/aromatic N) is 1. The van der Waals surface area contributed by atoms with Crippen molar-refractivity contribution in [3.8, 4) is 0 Å². The first-order valence-corrected chi connectivity index (χ1v) is 11.0. The maximum Gasteiger partial charge on any atom is 0.306 e. The average molecular weight is 413 g/mol. The molecule has 0 aromatic heterocycles. The molecule has 8 heteroatoms. The van der Waals surface area contributed by atoms with Gasteiger partial charge < -0.3 is 9.64 Å². The summed E-state index contributed by atoms with van der Waals surface area (Å²) in [5.74, 6) is -0.764. The highest BCUT2D eigenvalue weighted by Gasteiger charge is 2.21. The van der Waals surface area contributed by atoms with E-state index in [1.807, 2.05) is 41.5 Å². The van der Waals surface area contributed by atoms with Gasteiger partial charge in [0.05, 0.1) is 4.90 Å². The van der Waals surface area contributed by atoms with Crippen LogP contribution in [0.1, 0.15) is 51.7 Å². The minimum atomic E-state index is -3.62. The number of ether oxygens (including phenoxy) is 1. The van der Waals surface area contributed by atoms with E-state index in [9.17, 15) is 18.0 Å². The van der Waals surface area contributed by atoms with Crippen molar-refractivity contribution < 1.29 is 22.7 Å². The number of hydrogen-bond donors (Lipinski definition) is 1. The molecule has 7 nitrogen and oxygen atoms in total. The summed E-state index contributed by atoms with van der Waals surface area (Å²) in [6.45, 7) is 11.2. The van der Waals surface area contributed by atoms with E-state index in [4.69, 9.17) is 4.74 Å². The van der Waals surface area contributed by atoms with Crippen molar-refractivity contribution in [2.75, 3.05) is 13.2 Å². The summed E-state index contributed by atoms with van der Waals surface area (Å²) < 4.78 is 32.1. The number of carbonyl (C=O) groups excluding carboxylic acids is 2. The van der Waals surface area contributed by atoms with Gasteiger partial charge in [-0.15, -0.1) is 0 Å². The molecule has 1 aromatic carbocycles. The van der Waals surface area contributed by atoms with Crippen LogP contribution in [0.2, 0.25) is 0 Å². The Morgan fingerprint density at radius 1 is 1.07 bits per heavy atom. The fourth-order valence-corrected chi connectivity index (χ4v) is 4.02. The lowest BCUT2D eigenvalue weighted by molar-refractivity contribution is -0.153. The lowest BCUT2D eigenvalue weighted by atomic mass is 10.1. The second-order valence-corrected chi connectivity index (χ2v) is 9.16. The Hall–Kier alpha value is -1.93. The van der Waals surface area contributed by atoms with Gasteiger partial charge in [0.25, 0.3) is 5.91 Å². The van der Waals surface area contributed by atoms with Gasteiger partial charge in [-0.2, -0.15) is 0 Å².